The second-order valence-corrected chi connectivity index (χ2v) is 8.17. The van der Waals surface area contributed by atoms with Crippen molar-refractivity contribution in [1.29, 1.82) is 0 Å². The number of aliphatic imine (C=N–C) groups is 1. The van der Waals surface area contributed by atoms with Crippen molar-refractivity contribution in [2.24, 2.45) is 10.9 Å². The Hall–Kier alpha value is -1.06. The van der Waals surface area contributed by atoms with Crippen LogP contribution in [0, 0.1) is 5.92 Å². The maximum atomic E-state index is 10.4. The van der Waals surface area contributed by atoms with Crippen LogP contribution >= 0.6 is 24.0 Å². The minimum Gasteiger partial charge on any atom is -0.508 e. The van der Waals surface area contributed by atoms with Crippen molar-refractivity contribution in [3.63, 3.8) is 0 Å². The number of rotatable bonds is 6. The summed E-state index contributed by atoms with van der Waals surface area (Å²) in [7, 11) is 1.80. The van der Waals surface area contributed by atoms with Gasteiger partial charge in [0.1, 0.15) is 5.75 Å². The summed E-state index contributed by atoms with van der Waals surface area (Å²) in [5.74, 6) is 1.72. The number of aryl methyl sites for hydroxylation is 1. The highest BCUT2D eigenvalue weighted by Gasteiger charge is 2.24. The number of phenolic OH excluding ortho intramolecular Hbond substituents is 1. The summed E-state index contributed by atoms with van der Waals surface area (Å²) in [5.41, 5.74) is 3.73. The molecule has 7 heteroatoms. The SMILES string of the molecule is CN=C(NCc1c(O)ccc2c1CCCC2)NCC(C(C)C)N1CCOCC1.I. The van der Waals surface area contributed by atoms with E-state index in [9.17, 15) is 5.11 Å². The molecule has 0 aromatic heterocycles. The average molecular weight is 516 g/mol. The van der Waals surface area contributed by atoms with E-state index in [0.29, 0.717) is 24.3 Å². The summed E-state index contributed by atoms with van der Waals surface area (Å²) in [6, 6.07) is 4.36. The molecule has 1 aromatic rings. The van der Waals surface area contributed by atoms with E-state index >= 15 is 0 Å². The van der Waals surface area contributed by atoms with E-state index in [1.807, 2.05) is 6.07 Å². The van der Waals surface area contributed by atoms with Crippen LogP contribution in [0.2, 0.25) is 0 Å². The highest BCUT2D eigenvalue weighted by molar-refractivity contribution is 14.0. The minimum atomic E-state index is 0. The number of morpholine rings is 1. The number of aromatic hydroxyl groups is 1. The molecular formula is C22H37IN4O2. The molecule has 1 aliphatic heterocycles. The molecule has 0 saturated carbocycles. The number of ether oxygens (including phenoxy) is 1. The van der Waals surface area contributed by atoms with Crippen LogP contribution in [0.25, 0.3) is 0 Å². The molecule has 1 aliphatic carbocycles. The molecule has 0 radical (unpaired) electrons. The number of fused-ring (bicyclic) bond motifs is 1. The van der Waals surface area contributed by atoms with Crippen LogP contribution < -0.4 is 10.6 Å². The monoisotopic (exact) mass is 516 g/mol. The molecule has 1 atom stereocenters. The van der Waals surface area contributed by atoms with E-state index in [2.05, 4.69) is 40.4 Å². The van der Waals surface area contributed by atoms with E-state index in [1.54, 1.807) is 7.05 Å². The fourth-order valence-electron chi connectivity index (χ4n) is 4.38. The number of hydrogen-bond acceptors (Lipinski definition) is 4. The van der Waals surface area contributed by atoms with Crippen molar-refractivity contribution < 1.29 is 9.84 Å². The van der Waals surface area contributed by atoms with E-state index in [0.717, 1.165) is 57.2 Å². The summed E-state index contributed by atoms with van der Waals surface area (Å²) in [6.45, 7) is 9.58. The lowest BCUT2D eigenvalue weighted by molar-refractivity contribution is 0.00752. The van der Waals surface area contributed by atoms with Gasteiger partial charge in [0, 0.05) is 44.8 Å². The average Bonchev–Trinajstić information content (AvgIpc) is 2.72. The molecule has 1 saturated heterocycles. The van der Waals surface area contributed by atoms with Crippen molar-refractivity contribution in [2.45, 2.75) is 52.1 Å². The van der Waals surface area contributed by atoms with Gasteiger partial charge in [0.2, 0.25) is 0 Å². The van der Waals surface area contributed by atoms with E-state index < -0.39 is 0 Å². The predicted octanol–water partition coefficient (Wildman–Crippen LogP) is 2.91. The molecule has 0 bridgehead atoms. The first-order chi connectivity index (χ1) is 13.6. The number of nitrogens with zero attached hydrogens (tertiary/aromatic N) is 2. The molecule has 29 heavy (non-hydrogen) atoms. The molecule has 1 unspecified atom stereocenters. The van der Waals surface area contributed by atoms with Gasteiger partial charge in [-0.3, -0.25) is 9.89 Å². The van der Waals surface area contributed by atoms with Crippen LogP contribution in [0.5, 0.6) is 5.75 Å². The van der Waals surface area contributed by atoms with Crippen LogP contribution in [-0.2, 0) is 24.1 Å². The van der Waals surface area contributed by atoms with Gasteiger partial charge < -0.3 is 20.5 Å². The number of guanidine groups is 1. The van der Waals surface area contributed by atoms with Crippen LogP contribution in [0.1, 0.15) is 43.4 Å². The van der Waals surface area contributed by atoms with E-state index in [4.69, 9.17) is 4.74 Å². The second kappa shape index (κ2) is 12.0. The largest absolute Gasteiger partial charge is 0.508 e. The van der Waals surface area contributed by atoms with Crippen molar-refractivity contribution in [3.05, 3.63) is 28.8 Å². The second-order valence-electron chi connectivity index (χ2n) is 8.17. The smallest absolute Gasteiger partial charge is 0.191 e. The summed E-state index contributed by atoms with van der Waals surface area (Å²) >= 11 is 0. The molecule has 3 N–H and O–H groups in total. The molecular weight excluding hydrogens is 479 g/mol. The van der Waals surface area contributed by atoms with Crippen LogP contribution in [0.3, 0.4) is 0 Å². The molecule has 6 nitrogen and oxygen atoms in total. The Morgan fingerprint density at radius 1 is 1.17 bits per heavy atom. The maximum Gasteiger partial charge on any atom is 0.191 e. The Morgan fingerprint density at radius 3 is 2.59 bits per heavy atom. The van der Waals surface area contributed by atoms with Crippen molar-refractivity contribution >= 4 is 29.9 Å². The Kier molecular flexibility index (Phi) is 9.98. The third-order valence-electron chi connectivity index (χ3n) is 6.05. The molecule has 164 valence electrons. The lowest BCUT2D eigenvalue weighted by Gasteiger charge is -2.37. The normalized spacial score (nSPS) is 18.7. The fourth-order valence-corrected chi connectivity index (χ4v) is 4.38. The van der Waals surface area contributed by atoms with Crippen LogP contribution in [0.4, 0.5) is 0 Å². The number of phenols is 1. The van der Waals surface area contributed by atoms with Gasteiger partial charge in [-0.05, 0) is 48.8 Å². The number of hydrogen-bond donors (Lipinski definition) is 3. The molecule has 1 aromatic carbocycles. The van der Waals surface area contributed by atoms with E-state index in [-0.39, 0.29) is 24.0 Å². The fraction of sp³-hybridized carbons (Fsp3) is 0.682. The molecule has 0 amide bonds. The van der Waals surface area contributed by atoms with Crippen molar-refractivity contribution in [3.8, 4) is 5.75 Å². The zero-order valence-electron chi connectivity index (χ0n) is 18.0. The number of nitrogens with one attached hydrogen (secondary N) is 2. The van der Waals surface area contributed by atoms with Gasteiger partial charge in [0.15, 0.2) is 5.96 Å². The van der Waals surface area contributed by atoms with Crippen LogP contribution in [0.15, 0.2) is 17.1 Å². The topological polar surface area (TPSA) is 69.1 Å². The lowest BCUT2D eigenvalue weighted by Crippen LogP contribution is -2.52. The highest BCUT2D eigenvalue weighted by Crippen LogP contribution is 2.30. The summed E-state index contributed by atoms with van der Waals surface area (Å²) < 4.78 is 5.50. The maximum absolute atomic E-state index is 10.4. The zero-order valence-corrected chi connectivity index (χ0v) is 20.4. The summed E-state index contributed by atoms with van der Waals surface area (Å²) in [4.78, 5) is 6.90. The van der Waals surface area contributed by atoms with Gasteiger partial charge in [-0.15, -0.1) is 24.0 Å². The summed E-state index contributed by atoms with van der Waals surface area (Å²) in [5, 5.41) is 17.3. The highest BCUT2D eigenvalue weighted by atomic mass is 127. The number of halogens is 1. The summed E-state index contributed by atoms with van der Waals surface area (Å²) in [6.07, 6.45) is 4.61. The molecule has 3 rings (SSSR count). The van der Waals surface area contributed by atoms with Crippen molar-refractivity contribution in [2.75, 3.05) is 39.9 Å². The third kappa shape index (κ3) is 6.46. The standard InChI is InChI=1S/C22H36N4O2.HI/c1-16(2)20(26-10-12-28-13-11-26)15-25-22(23-3)24-14-19-18-7-5-4-6-17(18)8-9-21(19)27;/h8-9,16,20,27H,4-7,10-15H2,1-3H3,(H2,23,24,25);1H. The Bertz CT molecular complexity index is 675. The third-order valence-corrected chi connectivity index (χ3v) is 6.05. The molecule has 1 heterocycles. The van der Waals surface area contributed by atoms with E-state index in [1.165, 1.54) is 24.0 Å². The Morgan fingerprint density at radius 2 is 1.90 bits per heavy atom. The molecule has 1 fully saturated rings. The predicted molar refractivity (Wildman–Crippen MR) is 129 cm³/mol. The first kappa shape index (κ1) is 24.2. The van der Waals surface area contributed by atoms with Gasteiger partial charge in [0.25, 0.3) is 0 Å². The quantitative estimate of drug-likeness (QED) is 0.308. The van der Waals surface area contributed by atoms with Crippen LogP contribution in [-0.4, -0.2) is 61.9 Å². The van der Waals surface area contributed by atoms with Gasteiger partial charge >= 0.3 is 0 Å². The molecule has 2 aliphatic rings. The zero-order chi connectivity index (χ0) is 19.9. The first-order valence-electron chi connectivity index (χ1n) is 10.7. The molecule has 0 spiro atoms. The van der Waals surface area contributed by atoms with Crippen molar-refractivity contribution in [1.82, 2.24) is 15.5 Å². The number of benzene rings is 1. The Balaban J connectivity index is 0.00000300. The minimum absolute atomic E-state index is 0. The Labute approximate surface area is 192 Å². The van der Waals surface area contributed by atoms with Gasteiger partial charge in [-0.25, -0.2) is 0 Å². The lowest BCUT2D eigenvalue weighted by atomic mass is 9.88. The van der Waals surface area contributed by atoms with Gasteiger partial charge in [-0.2, -0.15) is 0 Å². The van der Waals surface area contributed by atoms with Gasteiger partial charge in [0.05, 0.1) is 13.2 Å². The van der Waals surface area contributed by atoms with Gasteiger partial charge in [-0.1, -0.05) is 19.9 Å². The first-order valence-corrected chi connectivity index (χ1v) is 10.7.